The minimum atomic E-state index is 0.533. The van der Waals surface area contributed by atoms with E-state index in [9.17, 15) is 0 Å². The van der Waals surface area contributed by atoms with Crippen LogP contribution in [0.25, 0.3) is 16.4 Å². The Morgan fingerprint density at radius 2 is 2.40 bits per heavy atom. The molecule has 3 rings (SSSR count). The Hall–Kier alpha value is -1.82. The van der Waals surface area contributed by atoms with Crippen molar-refractivity contribution in [3.63, 3.8) is 0 Å². The van der Waals surface area contributed by atoms with Gasteiger partial charge in [-0.25, -0.2) is 4.98 Å². The Balaban J connectivity index is 2.38. The van der Waals surface area contributed by atoms with Gasteiger partial charge in [-0.3, -0.25) is 4.40 Å². The highest BCUT2D eigenvalue weighted by atomic mass is 32.1. The van der Waals surface area contributed by atoms with E-state index in [-0.39, 0.29) is 0 Å². The van der Waals surface area contributed by atoms with Crippen LogP contribution < -0.4 is 5.73 Å². The topological polar surface area (TPSA) is 69.3 Å². The highest BCUT2D eigenvalue weighted by Crippen LogP contribution is 2.30. The molecule has 3 aromatic rings. The Kier molecular flexibility index (Phi) is 1.60. The summed E-state index contributed by atoms with van der Waals surface area (Å²) in [6.45, 7) is 1.93. The van der Waals surface area contributed by atoms with E-state index < -0.39 is 0 Å². The molecule has 5 nitrogen and oxygen atoms in total. The van der Waals surface area contributed by atoms with Gasteiger partial charge in [-0.05, 0) is 6.92 Å². The zero-order chi connectivity index (χ0) is 10.4. The van der Waals surface area contributed by atoms with E-state index in [2.05, 4.69) is 10.1 Å². The molecule has 0 aromatic carbocycles. The Morgan fingerprint density at radius 3 is 3.13 bits per heavy atom. The summed E-state index contributed by atoms with van der Waals surface area (Å²) in [4.78, 5) is 5.34. The van der Waals surface area contributed by atoms with Crippen LogP contribution in [-0.4, -0.2) is 14.5 Å². The summed E-state index contributed by atoms with van der Waals surface area (Å²) >= 11 is 1.57. The lowest BCUT2D eigenvalue weighted by Gasteiger charge is -1.96. The second kappa shape index (κ2) is 2.83. The third-order valence-corrected chi connectivity index (χ3v) is 3.01. The molecule has 15 heavy (non-hydrogen) atoms. The van der Waals surface area contributed by atoms with E-state index >= 15 is 0 Å². The number of nitrogens with two attached hydrogens (primary N) is 1. The fourth-order valence-corrected chi connectivity index (χ4v) is 2.35. The lowest BCUT2D eigenvalue weighted by atomic mass is 10.2. The van der Waals surface area contributed by atoms with Gasteiger partial charge in [0.1, 0.15) is 11.4 Å². The molecule has 2 N–H and O–H groups in total. The monoisotopic (exact) mass is 220 g/mol. The number of anilines is 1. The lowest BCUT2D eigenvalue weighted by molar-refractivity contribution is 0.431. The summed E-state index contributed by atoms with van der Waals surface area (Å²) in [6, 6.07) is 0. The molecule has 3 heterocycles. The van der Waals surface area contributed by atoms with Crippen LogP contribution >= 0.6 is 11.3 Å². The number of hydrogen-bond acceptors (Lipinski definition) is 5. The van der Waals surface area contributed by atoms with Crippen molar-refractivity contribution in [1.82, 2.24) is 14.5 Å². The number of hydrogen-bond donors (Lipinski definition) is 1. The molecule has 3 aromatic heterocycles. The number of nitrogens with zero attached hydrogens (tertiary/aromatic N) is 3. The van der Waals surface area contributed by atoms with Gasteiger partial charge in [0.15, 0.2) is 4.96 Å². The van der Waals surface area contributed by atoms with Crippen LogP contribution in [0.15, 0.2) is 22.3 Å². The van der Waals surface area contributed by atoms with E-state index in [0.29, 0.717) is 11.4 Å². The number of rotatable bonds is 1. The quantitative estimate of drug-likeness (QED) is 0.680. The minimum Gasteiger partial charge on any atom is -0.394 e. The molecule has 0 saturated heterocycles. The van der Waals surface area contributed by atoms with E-state index in [1.807, 2.05) is 22.9 Å². The van der Waals surface area contributed by atoms with Crippen molar-refractivity contribution in [2.75, 3.05) is 5.73 Å². The van der Waals surface area contributed by atoms with Crippen LogP contribution in [0.3, 0.4) is 0 Å². The average molecular weight is 220 g/mol. The summed E-state index contributed by atoms with van der Waals surface area (Å²) in [5.74, 6) is 0.582. The van der Waals surface area contributed by atoms with Crippen LogP contribution in [0.2, 0.25) is 0 Å². The zero-order valence-corrected chi connectivity index (χ0v) is 8.78. The highest BCUT2D eigenvalue weighted by molar-refractivity contribution is 7.15. The lowest BCUT2D eigenvalue weighted by Crippen LogP contribution is -1.89. The van der Waals surface area contributed by atoms with Crippen LogP contribution in [0, 0.1) is 6.92 Å². The van der Waals surface area contributed by atoms with Gasteiger partial charge in [-0.1, -0.05) is 5.16 Å². The van der Waals surface area contributed by atoms with Gasteiger partial charge >= 0.3 is 0 Å². The molecule has 0 unspecified atom stereocenters. The smallest absolute Gasteiger partial charge is 0.208 e. The molecule has 0 amide bonds. The third-order valence-electron chi connectivity index (χ3n) is 2.25. The molecule has 0 bridgehead atoms. The van der Waals surface area contributed by atoms with E-state index in [4.69, 9.17) is 10.3 Å². The molecule has 0 fully saturated rings. The normalized spacial score (nSPS) is 11.3. The number of imidazole rings is 1. The summed E-state index contributed by atoms with van der Waals surface area (Å²) in [5.41, 5.74) is 8.07. The first-order valence-electron chi connectivity index (χ1n) is 4.40. The molecule has 0 aliphatic rings. The van der Waals surface area contributed by atoms with Crippen molar-refractivity contribution >= 4 is 22.0 Å². The van der Waals surface area contributed by atoms with Gasteiger partial charge in [0.25, 0.3) is 0 Å². The van der Waals surface area contributed by atoms with Gasteiger partial charge in [0.05, 0.1) is 11.9 Å². The zero-order valence-electron chi connectivity index (χ0n) is 7.97. The minimum absolute atomic E-state index is 0.533. The van der Waals surface area contributed by atoms with Crippen LogP contribution in [-0.2, 0) is 0 Å². The maximum atomic E-state index is 5.77. The SMILES string of the molecule is Cc1nc2sccn2c1-c1oncc1N. The Bertz CT molecular complexity index is 621. The van der Waals surface area contributed by atoms with Gasteiger partial charge < -0.3 is 10.3 Å². The first-order chi connectivity index (χ1) is 7.27. The predicted octanol–water partition coefficient (Wildman–Crippen LogP) is 1.94. The van der Waals surface area contributed by atoms with Gasteiger partial charge in [-0.15, -0.1) is 11.3 Å². The second-order valence-electron chi connectivity index (χ2n) is 3.21. The molecule has 0 spiro atoms. The molecule has 0 radical (unpaired) electrons. The Labute approximate surface area is 89.1 Å². The molecular weight excluding hydrogens is 212 g/mol. The maximum absolute atomic E-state index is 5.77. The summed E-state index contributed by atoms with van der Waals surface area (Å²) in [5, 5.41) is 5.64. The van der Waals surface area contributed by atoms with Crippen molar-refractivity contribution in [2.45, 2.75) is 6.92 Å². The highest BCUT2D eigenvalue weighted by Gasteiger charge is 2.17. The second-order valence-corrected chi connectivity index (χ2v) is 4.08. The number of thiazole rings is 1. The van der Waals surface area contributed by atoms with Crippen LogP contribution in [0.4, 0.5) is 5.69 Å². The largest absolute Gasteiger partial charge is 0.394 e. The van der Waals surface area contributed by atoms with Crippen molar-refractivity contribution in [2.24, 2.45) is 0 Å². The van der Waals surface area contributed by atoms with Gasteiger partial charge in [-0.2, -0.15) is 0 Å². The number of nitrogen functional groups attached to an aromatic ring is 1. The first-order valence-corrected chi connectivity index (χ1v) is 5.28. The van der Waals surface area contributed by atoms with E-state index in [1.54, 1.807) is 11.3 Å². The molecule has 0 aliphatic heterocycles. The van der Waals surface area contributed by atoms with Crippen molar-refractivity contribution in [3.05, 3.63) is 23.5 Å². The fourth-order valence-electron chi connectivity index (χ4n) is 1.59. The van der Waals surface area contributed by atoms with Crippen LogP contribution in [0.1, 0.15) is 5.69 Å². The maximum Gasteiger partial charge on any atom is 0.208 e. The third kappa shape index (κ3) is 1.08. The number of aromatic nitrogens is 3. The average Bonchev–Trinajstić information content (AvgIpc) is 2.82. The van der Waals surface area contributed by atoms with E-state index in [1.165, 1.54) is 6.20 Å². The summed E-state index contributed by atoms with van der Waals surface area (Å²) in [7, 11) is 0. The standard InChI is InChI=1S/C9H8N4OS/c1-5-7(8-6(10)4-11-14-8)13-2-3-15-9(13)12-5/h2-4H,10H2,1H3. The first kappa shape index (κ1) is 8.49. The molecule has 76 valence electrons. The van der Waals surface area contributed by atoms with Crippen molar-refractivity contribution in [1.29, 1.82) is 0 Å². The van der Waals surface area contributed by atoms with Gasteiger partial charge in [0.2, 0.25) is 5.76 Å². The molecule has 0 saturated carbocycles. The summed E-state index contributed by atoms with van der Waals surface area (Å²) < 4.78 is 7.09. The van der Waals surface area contributed by atoms with Gasteiger partial charge in [0, 0.05) is 11.6 Å². The van der Waals surface area contributed by atoms with E-state index in [0.717, 1.165) is 16.3 Å². The number of fused-ring (bicyclic) bond motifs is 1. The van der Waals surface area contributed by atoms with Crippen LogP contribution in [0.5, 0.6) is 0 Å². The summed E-state index contributed by atoms with van der Waals surface area (Å²) in [6.07, 6.45) is 3.44. The fraction of sp³-hybridized carbons (Fsp3) is 0.111. The molecule has 6 heteroatoms. The molecular formula is C9H8N4OS. The van der Waals surface area contributed by atoms with Crippen molar-refractivity contribution in [3.8, 4) is 11.5 Å². The predicted molar refractivity (Wildman–Crippen MR) is 57.7 cm³/mol. The Morgan fingerprint density at radius 1 is 1.53 bits per heavy atom. The molecule has 0 aliphatic carbocycles. The van der Waals surface area contributed by atoms with Crippen molar-refractivity contribution < 1.29 is 4.52 Å². The molecule has 0 atom stereocenters. The number of aryl methyl sites for hydroxylation is 1.